The zero-order valence-electron chi connectivity index (χ0n) is 9.34. The van der Waals surface area contributed by atoms with Crippen molar-refractivity contribution in [2.75, 3.05) is 0 Å². The number of fused-ring (bicyclic) bond motifs is 1. The Kier molecular flexibility index (Phi) is 2.08. The fourth-order valence-electron chi connectivity index (χ4n) is 1.92. The number of nitrogens with zero attached hydrogens (tertiary/aromatic N) is 2. The van der Waals surface area contributed by atoms with Gasteiger partial charge in [-0.15, -0.1) is 0 Å². The largest absolute Gasteiger partial charge is 0.349 e. The van der Waals surface area contributed by atoms with Crippen LogP contribution in [0.1, 0.15) is 0 Å². The molecule has 0 spiro atoms. The third kappa shape index (κ3) is 1.63. The monoisotopic (exact) mass is 225 g/mol. The summed E-state index contributed by atoms with van der Waals surface area (Å²) in [6.45, 7) is 0. The summed E-state index contributed by atoms with van der Waals surface area (Å²) in [6, 6.07) is 7.45. The summed E-state index contributed by atoms with van der Waals surface area (Å²) >= 11 is 0. The Hall–Kier alpha value is -2.36. The average molecular weight is 225 g/mol. The molecule has 0 aliphatic carbocycles. The summed E-state index contributed by atoms with van der Waals surface area (Å²) in [5, 5.41) is 0. The molecule has 0 amide bonds. The Balaban J connectivity index is 2.24. The first-order valence-electron chi connectivity index (χ1n) is 5.34. The van der Waals surface area contributed by atoms with Crippen LogP contribution in [-0.2, 0) is 7.05 Å². The van der Waals surface area contributed by atoms with Gasteiger partial charge in [0.2, 0.25) is 5.56 Å². The van der Waals surface area contributed by atoms with Gasteiger partial charge in [-0.25, -0.2) is 0 Å². The molecule has 0 aliphatic rings. The van der Waals surface area contributed by atoms with Gasteiger partial charge < -0.3 is 9.55 Å². The molecule has 0 aliphatic heterocycles. The van der Waals surface area contributed by atoms with Crippen molar-refractivity contribution in [2.45, 2.75) is 0 Å². The van der Waals surface area contributed by atoms with Crippen LogP contribution in [-0.4, -0.2) is 14.5 Å². The third-order valence-electron chi connectivity index (χ3n) is 2.84. The van der Waals surface area contributed by atoms with E-state index in [4.69, 9.17) is 0 Å². The van der Waals surface area contributed by atoms with E-state index in [0.29, 0.717) is 0 Å². The summed E-state index contributed by atoms with van der Waals surface area (Å²) in [5.41, 5.74) is 3.74. The first-order valence-corrected chi connectivity index (χ1v) is 5.34. The van der Waals surface area contributed by atoms with Crippen LogP contribution in [0, 0.1) is 0 Å². The summed E-state index contributed by atoms with van der Waals surface area (Å²) in [5.74, 6) is 0. The van der Waals surface area contributed by atoms with Gasteiger partial charge in [0.05, 0.1) is 11.0 Å². The van der Waals surface area contributed by atoms with E-state index in [0.717, 1.165) is 22.2 Å². The van der Waals surface area contributed by atoms with Crippen LogP contribution < -0.4 is 5.56 Å². The molecule has 4 nitrogen and oxygen atoms in total. The highest BCUT2D eigenvalue weighted by molar-refractivity contribution is 5.81. The fraction of sp³-hybridized carbons (Fsp3) is 0.0769. The molecule has 1 N–H and O–H groups in total. The molecule has 0 radical (unpaired) electrons. The van der Waals surface area contributed by atoms with Crippen molar-refractivity contribution in [3.8, 4) is 11.1 Å². The van der Waals surface area contributed by atoms with E-state index < -0.39 is 0 Å². The number of pyridine rings is 2. The van der Waals surface area contributed by atoms with E-state index in [2.05, 4.69) is 9.97 Å². The molecular weight excluding hydrogens is 214 g/mol. The predicted molar refractivity (Wildman–Crippen MR) is 66.8 cm³/mol. The van der Waals surface area contributed by atoms with Gasteiger partial charge in [0.25, 0.3) is 0 Å². The predicted octanol–water partition coefficient (Wildman–Crippen LogP) is 1.93. The van der Waals surface area contributed by atoms with Crippen LogP contribution in [0.5, 0.6) is 0 Å². The van der Waals surface area contributed by atoms with Gasteiger partial charge in [-0.05, 0) is 23.8 Å². The molecule has 0 fully saturated rings. The number of aryl methyl sites for hydroxylation is 1. The van der Waals surface area contributed by atoms with Crippen LogP contribution in [0.3, 0.4) is 0 Å². The van der Waals surface area contributed by atoms with Crippen molar-refractivity contribution in [1.82, 2.24) is 14.5 Å². The SMILES string of the molecule is Cn1ccc2ncc(-c3cc[nH]c(=O)c3)cc21. The zero-order chi connectivity index (χ0) is 11.8. The van der Waals surface area contributed by atoms with Gasteiger partial charge in [-0.3, -0.25) is 9.78 Å². The molecule has 3 aromatic heterocycles. The van der Waals surface area contributed by atoms with Gasteiger partial charge in [0.15, 0.2) is 0 Å². The van der Waals surface area contributed by atoms with Crippen molar-refractivity contribution in [3.63, 3.8) is 0 Å². The highest BCUT2D eigenvalue weighted by atomic mass is 16.1. The van der Waals surface area contributed by atoms with Crippen molar-refractivity contribution < 1.29 is 0 Å². The van der Waals surface area contributed by atoms with Crippen molar-refractivity contribution in [3.05, 3.63) is 53.2 Å². The van der Waals surface area contributed by atoms with E-state index in [1.807, 2.05) is 36.0 Å². The standard InChI is InChI=1S/C13H11N3O/c1-16-5-3-11-12(16)6-10(8-15-11)9-2-4-14-13(17)7-9/h2-8H,1H3,(H,14,17). The maximum absolute atomic E-state index is 11.3. The maximum Gasteiger partial charge on any atom is 0.248 e. The number of aromatic amines is 1. The minimum absolute atomic E-state index is 0.102. The lowest BCUT2D eigenvalue weighted by Gasteiger charge is -2.02. The molecule has 3 aromatic rings. The van der Waals surface area contributed by atoms with Crippen LogP contribution in [0.4, 0.5) is 0 Å². The van der Waals surface area contributed by atoms with E-state index in [-0.39, 0.29) is 5.56 Å². The van der Waals surface area contributed by atoms with Crippen LogP contribution in [0.25, 0.3) is 22.2 Å². The van der Waals surface area contributed by atoms with Crippen molar-refractivity contribution in [1.29, 1.82) is 0 Å². The molecule has 0 aromatic carbocycles. The molecule has 0 saturated carbocycles. The second-order valence-corrected chi connectivity index (χ2v) is 4.00. The van der Waals surface area contributed by atoms with Crippen LogP contribution in [0.15, 0.2) is 47.7 Å². The summed E-state index contributed by atoms with van der Waals surface area (Å²) in [7, 11) is 1.98. The lowest BCUT2D eigenvalue weighted by atomic mass is 10.1. The second-order valence-electron chi connectivity index (χ2n) is 4.00. The molecular formula is C13H11N3O. The van der Waals surface area contributed by atoms with E-state index in [1.165, 1.54) is 0 Å². The maximum atomic E-state index is 11.3. The number of hydrogen-bond acceptors (Lipinski definition) is 2. The Morgan fingerprint density at radius 3 is 2.94 bits per heavy atom. The van der Waals surface area contributed by atoms with Gasteiger partial charge in [0.1, 0.15) is 0 Å². The van der Waals surface area contributed by atoms with E-state index in [9.17, 15) is 4.79 Å². The molecule has 0 bridgehead atoms. The number of aromatic nitrogens is 3. The van der Waals surface area contributed by atoms with E-state index in [1.54, 1.807) is 18.5 Å². The van der Waals surface area contributed by atoms with Gasteiger partial charge >= 0.3 is 0 Å². The smallest absolute Gasteiger partial charge is 0.248 e. The van der Waals surface area contributed by atoms with Crippen molar-refractivity contribution in [2.24, 2.45) is 7.05 Å². The van der Waals surface area contributed by atoms with Crippen LogP contribution >= 0.6 is 0 Å². The minimum Gasteiger partial charge on any atom is -0.349 e. The molecule has 84 valence electrons. The first kappa shape index (κ1) is 9.84. The second kappa shape index (κ2) is 3.59. The van der Waals surface area contributed by atoms with Gasteiger partial charge in [-0.2, -0.15) is 0 Å². The Bertz CT molecular complexity index is 740. The Labute approximate surface area is 97.6 Å². The number of rotatable bonds is 1. The highest BCUT2D eigenvalue weighted by Crippen LogP contribution is 2.21. The number of H-pyrrole nitrogens is 1. The van der Waals surface area contributed by atoms with Crippen molar-refractivity contribution >= 4 is 11.0 Å². The van der Waals surface area contributed by atoms with Crippen LogP contribution in [0.2, 0.25) is 0 Å². The highest BCUT2D eigenvalue weighted by Gasteiger charge is 2.03. The summed E-state index contributed by atoms with van der Waals surface area (Å²) in [4.78, 5) is 18.2. The number of hydrogen-bond donors (Lipinski definition) is 1. The molecule has 3 heterocycles. The lowest BCUT2D eigenvalue weighted by Crippen LogP contribution is -2.02. The van der Waals surface area contributed by atoms with E-state index >= 15 is 0 Å². The quantitative estimate of drug-likeness (QED) is 0.688. The summed E-state index contributed by atoms with van der Waals surface area (Å²) < 4.78 is 2.01. The molecule has 4 heteroatoms. The fourth-order valence-corrected chi connectivity index (χ4v) is 1.92. The minimum atomic E-state index is -0.102. The third-order valence-corrected chi connectivity index (χ3v) is 2.84. The summed E-state index contributed by atoms with van der Waals surface area (Å²) in [6.07, 6.45) is 5.41. The molecule has 0 atom stereocenters. The molecule has 3 rings (SSSR count). The molecule has 17 heavy (non-hydrogen) atoms. The average Bonchev–Trinajstić information content (AvgIpc) is 2.71. The molecule has 0 saturated heterocycles. The molecule has 0 unspecified atom stereocenters. The first-order chi connectivity index (χ1) is 8.24. The Morgan fingerprint density at radius 2 is 2.12 bits per heavy atom. The lowest BCUT2D eigenvalue weighted by molar-refractivity contribution is 0.968. The topological polar surface area (TPSA) is 50.7 Å². The van der Waals surface area contributed by atoms with Gasteiger partial charge in [0, 0.05) is 37.3 Å². The zero-order valence-corrected chi connectivity index (χ0v) is 9.34. The van der Waals surface area contributed by atoms with Gasteiger partial charge in [-0.1, -0.05) is 0 Å². The Morgan fingerprint density at radius 1 is 1.24 bits per heavy atom. The normalized spacial score (nSPS) is 10.9. The number of nitrogens with one attached hydrogen (secondary N) is 1.